The van der Waals surface area contributed by atoms with Crippen molar-refractivity contribution in [2.45, 2.75) is 38.6 Å². The van der Waals surface area contributed by atoms with Crippen LogP contribution in [-0.2, 0) is 9.59 Å². The highest BCUT2D eigenvalue weighted by molar-refractivity contribution is 6.02. The first-order valence-electron chi connectivity index (χ1n) is 6.93. The smallest absolute Gasteiger partial charge is 0.249 e. The second-order valence-corrected chi connectivity index (χ2v) is 5.59. The zero-order chi connectivity index (χ0) is 14.3. The molecule has 1 N–H and O–H groups in total. The minimum absolute atomic E-state index is 0.193. The molecule has 1 aromatic carbocycles. The van der Waals surface area contributed by atoms with Gasteiger partial charge in [0, 0.05) is 6.42 Å². The van der Waals surface area contributed by atoms with Gasteiger partial charge in [-0.3, -0.25) is 14.9 Å². The Morgan fingerprint density at radius 3 is 2.85 bits per heavy atom. The third-order valence-electron chi connectivity index (χ3n) is 3.91. The number of amides is 2. The lowest BCUT2D eigenvalue weighted by Gasteiger charge is -2.29. The Bertz CT molecular complexity index is 568. The second-order valence-electron chi connectivity index (χ2n) is 5.59. The molecule has 0 aliphatic carbocycles. The molecule has 0 bridgehead atoms. The van der Waals surface area contributed by atoms with Crippen LogP contribution < -0.4 is 15.0 Å². The molecule has 3 rings (SSSR count). The van der Waals surface area contributed by atoms with Crippen LogP contribution in [0.3, 0.4) is 0 Å². The number of imide groups is 1. The van der Waals surface area contributed by atoms with Gasteiger partial charge in [-0.2, -0.15) is 0 Å². The van der Waals surface area contributed by atoms with E-state index in [-0.39, 0.29) is 17.9 Å². The number of nitrogens with one attached hydrogen (secondary N) is 1. The molecule has 106 valence electrons. The van der Waals surface area contributed by atoms with Crippen molar-refractivity contribution in [2.75, 3.05) is 11.6 Å². The first kappa shape index (κ1) is 13.0. The number of carbonyl (C=O) groups excluding carboxylic acids is 2. The summed E-state index contributed by atoms with van der Waals surface area (Å²) < 4.78 is 5.69. The lowest BCUT2D eigenvalue weighted by atomic mass is 10.0. The Balaban J connectivity index is 1.86. The second kappa shape index (κ2) is 4.81. The summed E-state index contributed by atoms with van der Waals surface area (Å²) in [6.07, 6.45) is 0.922. The number of carbonyl (C=O) groups is 2. The average molecular weight is 274 g/mol. The molecule has 5 heteroatoms. The molecule has 1 aromatic rings. The van der Waals surface area contributed by atoms with Gasteiger partial charge in [-0.1, -0.05) is 19.9 Å². The molecule has 1 saturated heterocycles. The molecular formula is C15H18N2O3. The Labute approximate surface area is 117 Å². The van der Waals surface area contributed by atoms with Gasteiger partial charge in [0.15, 0.2) is 6.73 Å². The van der Waals surface area contributed by atoms with Gasteiger partial charge in [0.1, 0.15) is 11.8 Å². The lowest BCUT2D eigenvalue weighted by Crippen LogP contribution is -2.52. The van der Waals surface area contributed by atoms with Crippen LogP contribution in [0.5, 0.6) is 5.75 Å². The number of hydrogen-bond acceptors (Lipinski definition) is 4. The maximum absolute atomic E-state index is 11.9. The van der Waals surface area contributed by atoms with Crippen LogP contribution in [0.4, 0.5) is 5.69 Å². The predicted molar refractivity (Wildman–Crippen MR) is 74.7 cm³/mol. The van der Waals surface area contributed by atoms with Crippen molar-refractivity contribution in [3.8, 4) is 5.75 Å². The standard InChI is InChI=1S/C15H18N2O3/c1-9(2)10-3-4-11-13(7-10)20-8-17(11)12-5-6-14(18)16-15(12)19/h3-4,7,9,12H,5-6,8H2,1-2H3,(H,16,18,19). The zero-order valence-corrected chi connectivity index (χ0v) is 11.7. The quantitative estimate of drug-likeness (QED) is 0.835. The van der Waals surface area contributed by atoms with Crippen molar-refractivity contribution in [2.24, 2.45) is 0 Å². The number of nitrogens with zero attached hydrogens (tertiary/aromatic N) is 1. The fraction of sp³-hybridized carbons (Fsp3) is 0.467. The summed E-state index contributed by atoms with van der Waals surface area (Å²) in [5.41, 5.74) is 2.15. The molecule has 1 unspecified atom stereocenters. The van der Waals surface area contributed by atoms with Gasteiger partial charge >= 0.3 is 0 Å². The minimum atomic E-state index is -0.321. The predicted octanol–water partition coefficient (Wildman–Crippen LogP) is 1.77. The number of ether oxygens (including phenoxy) is 1. The van der Waals surface area contributed by atoms with Crippen LogP contribution in [0.2, 0.25) is 0 Å². The molecule has 20 heavy (non-hydrogen) atoms. The largest absolute Gasteiger partial charge is 0.471 e. The fourth-order valence-corrected chi connectivity index (χ4v) is 2.69. The molecule has 1 fully saturated rings. The van der Waals surface area contributed by atoms with Crippen LogP contribution in [0, 0.1) is 0 Å². The number of fused-ring (bicyclic) bond motifs is 1. The SMILES string of the molecule is CC(C)c1ccc2c(c1)OCN2C1CCC(=O)NC1=O. The molecule has 2 aliphatic heterocycles. The van der Waals surface area contributed by atoms with E-state index in [4.69, 9.17) is 4.74 Å². The van der Waals surface area contributed by atoms with Gasteiger partial charge in [-0.05, 0) is 30.0 Å². The maximum Gasteiger partial charge on any atom is 0.249 e. The normalized spacial score (nSPS) is 21.8. The first-order valence-corrected chi connectivity index (χ1v) is 6.93. The highest BCUT2D eigenvalue weighted by atomic mass is 16.5. The third-order valence-corrected chi connectivity index (χ3v) is 3.91. The zero-order valence-electron chi connectivity index (χ0n) is 11.7. The van der Waals surface area contributed by atoms with Crippen LogP contribution in [-0.4, -0.2) is 24.6 Å². The summed E-state index contributed by atoms with van der Waals surface area (Å²) in [7, 11) is 0. The molecule has 1 atom stereocenters. The van der Waals surface area contributed by atoms with Gasteiger partial charge in [-0.25, -0.2) is 0 Å². The van der Waals surface area contributed by atoms with Gasteiger partial charge < -0.3 is 9.64 Å². The van der Waals surface area contributed by atoms with E-state index in [1.54, 1.807) is 0 Å². The van der Waals surface area contributed by atoms with Crippen molar-refractivity contribution in [1.82, 2.24) is 5.32 Å². The van der Waals surface area contributed by atoms with Gasteiger partial charge in [0.05, 0.1) is 5.69 Å². The first-order chi connectivity index (χ1) is 9.56. The van der Waals surface area contributed by atoms with Crippen molar-refractivity contribution in [3.63, 3.8) is 0 Å². The molecule has 0 aromatic heterocycles. The lowest BCUT2D eigenvalue weighted by molar-refractivity contribution is -0.134. The van der Waals surface area contributed by atoms with E-state index in [1.807, 2.05) is 17.0 Å². The average Bonchev–Trinajstić information content (AvgIpc) is 2.81. The Morgan fingerprint density at radius 2 is 2.15 bits per heavy atom. The number of hydrogen-bond donors (Lipinski definition) is 1. The van der Waals surface area contributed by atoms with E-state index in [1.165, 1.54) is 5.56 Å². The molecule has 2 heterocycles. The molecule has 0 radical (unpaired) electrons. The van der Waals surface area contributed by atoms with Crippen LogP contribution in [0.1, 0.15) is 38.2 Å². The van der Waals surface area contributed by atoms with E-state index in [2.05, 4.69) is 25.2 Å². The summed E-state index contributed by atoms with van der Waals surface area (Å²) >= 11 is 0. The topological polar surface area (TPSA) is 58.6 Å². The summed E-state index contributed by atoms with van der Waals surface area (Å²) in [5.74, 6) is 0.835. The minimum Gasteiger partial charge on any atom is -0.471 e. The number of anilines is 1. The van der Waals surface area contributed by atoms with E-state index in [0.717, 1.165) is 11.4 Å². The summed E-state index contributed by atoms with van der Waals surface area (Å²) in [5, 5.41) is 2.39. The highest BCUT2D eigenvalue weighted by Crippen LogP contribution is 2.38. The van der Waals surface area contributed by atoms with E-state index >= 15 is 0 Å². The van der Waals surface area contributed by atoms with Crippen molar-refractivity contribution >= 4 is 17.5 Å². The highest BCUT2D eigenvalue weighted by Gasteiger charge is 2.35. The fourth-order valence-electron chi connectivity index (χ4n) is 2.69. The third kappa shape index (κ3) is 2.13. The molecule has 5 nitrogen and oxygen atoms in total. The van der Waals surface area contributed by atoms with Crippen molar-refractivity contribution < 1.29 is 14.3 Å². The molecule has 2 amide bonds. The number of rotatable bonds is 2. The van der Waals surface area contributed by atoms with Crippen molar-refractivity contribution in [1.29, 1.82) is 0 Å². The summed E-state index contributed by atoms with van der Waals surface area (Å²) in [4.78, 5) is 25.1. The monoisotopic (exact) mass is 274 g/mol. The van der Waals surface area contributed by atoms with E-state index in [0.29, 0.717) is 25.5 Å². The van der Waals surface area contributed by atoms with Crippen LogP contribution in [0.25, 0.3) is 0 Å². The summed E-state index contributed by atoms with van der Waals surface area (Å²) in [6, 6.07) is 5.78. The number of piperidine rings is 1. The van der Waals surface area contributed by atoms with Gasteiger partial charge in [0.2, 0.25) is 11.8 Å². The molecule has 2 aliphatic rings. The van der Waals surface area contributed by atoms with Gasteiger partial charge in [-0.15, -0.1) is 0 Å². The Morgan fingerprint density at radius 1 is 1.35 bits per heavy atom. The van der Waals surface area contributed by atoms with Gasteiger partial charge in [0.25, 0.3) is 0 Å². The molecule has 0 saturated carbocycles. The van der Waals surface area contributed by atoms with Crippen LogP contribution >= 0.6 is 0 Å². The molecule has 0 spiro atoms. The van der Waals surface area contributed by atoms with E-state index < -0.39 is 0 Å². The number of benzene rings is 1. The Hall–Kier alpha value is -2.04. The summed E-state index contributed by atoms with van der Waals surface area (Å²) in [6.45, 7) is 4.63. The van der Waals surface area contributed by atoms with Crippen LogP contribution in [0.15, 0.2) is 18.2 Å². The maximum atomic E-state index is 11.9. The van der Waals surface area contributed by atoms with E-state index in [9.17, 15) is 9.59 Å². The Kier molecular flexibility index (Phi) is 3.12. The molecular weight excluding hydrogens is 256 g/mol. The van der Waals surface area contributed by atoms with Crippen molar-refractivity contribution in [3.05, 3.63) is 23.8 Å².